The van der Waals surface area contributed by atoms with Crippen molar-refractivity contribution in [2.24, 2.45) is 28.6 Å². The van der Waals surface area contributed by atoms with E-state index in [-0.39, 0.29) is 16.9 Å². The average Bonchev–Trinajstić information content (AvgIpc) is 2.76. The van der Waals surface area contributed by atoms with Crippen LogP contribution in [0.2, 0.25) is 0 Å². The summed E-state index contributed by atoms with van der Waals surface area (Å²) in [5.74, 6) is 2.10. The van der Waals surface area contributed by atoms with E-state index in [1.807, 2.05) is 6.08 Å². The van der Waals surface area contributed by atoms with Gasteiger partial charge in [0.2, 0.25) is 0 Å². The van der Waals surface area contributed by atoms with E-state index in [0.29, 0.717) is 18.3 Å². The SMILES string of the molecule is [2H]C1(O)C=C2CCC3C(CCC4(C)C(O)CCC34)C2(C)CC1. The molecular formula is C19H30O2. The minimum Gasteiger partial charge on any atom is -0.393 e. The van der Waals surface area contributed by atoms with Crippen molar-refractivity contribution in [3.8, 4) is 0 Å². The number of allylic oxidation sites excluding steroid dienone is 1. The van der Waals surface area contributed by atoms with Crippen molar-refractivity contribution in [3.05, 3.63) is 11.6 Å². The summed E-state index contributed by atoms with van der Waals surface area (Å²) < 4.78 is 7.99. The molecule has 3 saturated carbocycles. The Labute approximate surface area is 130 Å². The zero-order valence-electron chi connectivity index (χ0n) is 14.4. The van der Waals surface area contributed by atoms with Crippen molar-refractivity contribution in [2.75, 3.05) is 0 Å². The maximum atomic E-state index is 10.5. The molecular weight excluding hydrogens is 260 g/mol. The van der Waals surface area contributed by atoms with E-state index < -0.39 is 6.08 Å². The quantitative estimate of drug-likeness (QED) is 0.669. The third-order valence-corrected chi connectivity index (χ3v) is 7.93. The van der Waals surface area contributed by atoms with Crippen LogP contribution in [0.4, 0.5) is 0 Å². The highest BCUT2D eigenvalue weighted by Crippen LogP contribution is 2.65. The molecule has 118 valence electrons. The lowest BCUT2D eigenvalue weighted by atomic mass is 9.47. The molecule has 0 saturated heterocycles. The summed E-state index contributed by atoms with van der Waals surface area (Å²) in [5, 5.41) is 20.6. The monoisotopic (exact) mass is 291 g/mol. The zero-order chi connectivity index (χ0) is 15.8. The molecule has 7 unspecified atom stereocenters. The summed E-state index contributed by atoms with van der Waals surface area (Å²) in [6.07, 6.45) is 8.70. The Morgan fingerprint density at radius 3 is 2.67 bits per heavy atom. The van der Waals surface area contributed by atoms with Crippen molar-refractivity contribution in [2.45, 2.75) is 77.4 Å². The number of hydrogen-bond donors (Lipinski definition) is 2. The lowest BCUT2D eigenvalue weighted by Crippen LogP contribution is -2.51. The van der Waals surface area contributed by atoms with Gasteiger partial charge in [0.1, 0.15) is 0 Å². The fourth-order valence-electron chi connectivity index (χ4n) is 6.54. The first-order valence-corrected chi connectivity index (χ1v) is 8.89. The Morgan fingerprint density at radius 1 is 1.05 bits per heavy atom. The molecule has 7 atom stereocenters. The van der Waals surface area contributed by atoms with Crippen LogP contribution in [-0.4, -0.2) is 22.4 Å². The normalized spacial score (nSPS) is 60.4. The summed E-state index contributed by atoms with van der Waals surface area (Å²) in [5.41, 5.74) is 1.67. The van der Waals surface area contributed by atoms with Crippen LogP contribution in [0.15, 0.2) is 11.6 Å². The highest BCUT2D eigenvalue weighted by Gasteiger charge is 2.58. The van der Waals surface area contributed by atoms with Gasteiger partial charge in [-0.2, -0.15) is 0 Å². The van der Waals surface area contributed by atoms with Crippen LogP contribution in [0.25, 0.3) is 0 Å². The van der Waals surface area contributed by atoms with Gasteiger partial charge in [0, 0.05) is 0 Å². The highest BCUT2D eigenvalue weighted by molar-refractivity contribution is 5.25. The summed E-state index contributed by atoms with van der Waals surface area (Å²) in [6.45, 7) is 4.71. The highest BCUT2D eigenvalue weighted by atomic mass is 16.3. The van der Waals surface area contributed by atoms with E-state index in [4.69, 9.17) is 1.37 Å². The van der Waals surface area contributed by atoms with Gasteiger partial charge in [-0.05, 0) is 80.0 Å². The van der Waals surface area contributed by atoms with Crippen molar-refractivity contribution < 1.29 is 11.6 Å². The standard InChI is InChI=1S/C19H30O2/c1-18-9-7-13(20)11-12(18)3-4-14-15-5-6-17(21)19(15,2)10-8-16(14)18/h11,13-17,20-21H,3-10H2,1-2H3/i13D. The Kier molecular flexibility index (Phi) is 2.86. The molecule has 4 rings (SSSR count). The lowest BCUT2D eigenvalue weighted by molar-refractivity contribution is -0.0761. The number of hydrogen-bond acceptors (Lipinski definition) is 2. The third kappa shape index (κ3) is 1.84. The Morgan fingerprint density at radius 2 is 1.86 bits per heavy atom. The summed E-state index contributed by atoms with van der Waals surface area (Å²) >= 11 is 0. The molecule has 2 heteroatoms. The molecule has 4 aliphatic carbocycles. The van der Waals surface area contributed by atoms with E-state index in [1.165, 1.54) is 24.8 Å². The first-order chi connectivity index (χ1) is 10.3. The van der Waals surface area contributed by atoms with Crippen LogP contribution in [0.5, 0.6) is 0 Å². The van der Waals surface area contributed by atoms with Gasteiger partial charge in [0.25, 0.3) is 0 Å². The zero-order valence-corrected chi connectivity index (χ0v) is 13.4. The predicted molar refractivity (Wildman–Crippen MR) is 83.7 cm³/mol. The van der Waals surface area contributed by atoms with E-state index in [1.54, 1.807) is 0 Å². The molecule has 0 heterocycles. The molecule has 0 aromatic heterocycles. The Balaban J connectivity index is 1.68. The number of fused-ring (bicyclic) bond motifs is 5. The van der Waals surface area contributed by atoms with Crippen LogP contribution in [0, 0.1) is 28.6 Å². The second-order valence-corrected chi connectivity index (χ2v) is 8.63. The Bertz CT molecular complexity index is 514. The van der Waals surface area contributed by atoms with Crippen LogP contribution in [-0.2, 0) is 0 Å². The van der Waals surface area contributed by atoms with Gasteiger partial charge in [0.05, 0.1) is 13.6 Å². The van der Waals surface area contributed by atoms with E-state index in [9.17, 15) is 10.2 Å². The fourth-order valence-corrected chi connectivity index (χ4v) is 6.54. The molecule has 21 heavy (non-hydrogen) atoms. The summed E-state index contributed by atoms with van der Waals surface area (Å²) in [7, 11) is 0. The molecule has 0 aromatic rings. The number of rotatable bonds is 0. The second-order valence-electron chi connectivity index (χ2n) is 8.63. The van der Waals surface area contributed by atoms with Crippen molar-refractivity contribution in [1.82, 2.24) is 0 Å². The van der Waals surface area contributed by atoms with E-state index in [2.05, 4.69) is 13.8 Å². The molecule has 0 aromatic carbocycles. The van der Waals surface area contributed by atoms with Crippen LogP contribution in [0.3, 0.4) is 0 Å². The number of aliphatic hydroxyl groups is 2. The van der Waals surface area contributed by atoms with E-state index >= 15 is 0 Å². The van der Waals surface area contributed by atoms with Gasteiger partial charge in [-0.15, -0.1) is 0 Å². The second kappa shape index (κ2) is 4.58. The predicted octanol–water partition coefficient (Wildman–Crippen LogP) is 3.67. The minimum atomic E-state index is -1.34. The first kappa shape index (κ1) is 13.1. The van der Waals surface area contributed by atoms with Gasteiger partial charge in [-0.1, -0.05) is 25.5 Å². The van der Waals surface area contributed by atoms with Crippen LogP contribution >= 0.6 is 0 Å². The molecule has 4 aliphatic rings. The van der Waals surface area contributed by atoms with Crippen LogP contribution < -0.4 is 0 Å². The minimum absolute atomic E-state index is 0.104. The van der Waals surface area contributed by atoms with Crippen molar-refractivity contribution >= 4 is 0 Å². The Hall–Kier alpha value is -0.340. The average molecular weight is 291 g/mol. The molecule has 2 nitrogen and oxygen atoms in total. The van der Waals surface area contributed by atoms with Crippen molar-refractivity contribution in [3.63, 3.8) is 0 Å². The lowest BCUT2D eigenvalue weighted by Gasteiger charge is -2.58. The number of aliphatic hydroxyl groups excluding tert-OH is 1. The van der Waals surface area contributed by atoms with Gasteiger partial charge >= 0.3 is 0 Å². The van der Waals surface area contributed by atoms with Gasteiger partial charge in [-0.3, -0.25) is 0 Å². The molecule has 3 fully saturated rings. The largest absolute Gasteiger partial charge is 0.393 e. The van der Waals surface area contributed by atoms with E-state index in [0.717, 1.165) is 31.6 Å². The van der Waals surface area contributed by atoms with Gasteiger partial charge in [-0.25, -0.2) is 0 Å². The van der Waals surface area contributed by atoms with Crippen LogP contribution in [0.1, 0.15) is 66.6 Å². The topological polar surface area (TPSA) is 40.5 Å². The summed E-state index contributed by atoms with van der Waals surface area (Å²) in [6, 6.07) is 0. The van der Waals surface area contributed by atoms with Gasteiger partial charge in [0.15, 0.2) is 0 Å². The summed E-state index contributed by atoms with van der Waals surface area (Å²) in [4.78, 5) is 0. The molecule has 0 bridgehead atoms. The van der Waals surface area contributed by atoms with Crippen molar-refractivity contribution in [1.29, 1.82) is 0 Å². The van der Waals surface area contributed by atoms with Gasteiger partial charge < -0.3 is 10.2 Å². The molecule has 0 amide bonds. The first-order valence-electron chi connectivity index (χ1n) is 9.39. The fraction of sp³-hybridized carbons (Fsp3) is 0.895. The molecule has 0 spiro atoms. The molecule has 0 aliphatic heterocycles. The smallest absolute Gasteiger partial charge is 0.0724 e. The maximum Gasteiger partial charge on any atom is 0.0724 e. The third-order valence-electron chi connectivity index (χ3n) is 7.93. The maximum absolute atomic E-state index is 10.5. The molecule has 0 radical (unpaired) electrons. The molecule has 2 N–H and O–H groups in total.